The van der Waals surface area contributed by atoms with Gasteiger partial charge in [0.05, 0.1) is 23.8 Å². The SMILES string of the molecule is O=C(c1ccccc1)c1ccc(NCc2nc(CO)cs2)c([N+](=O)[O-])c1. The quantitative estimate of drug-likeness (QED) is 0.376. The minimum absolute atomic E-state index is 0.146. The topological polar surface area (TPSA) is 105 Å². The van der Waals surface area contributed by atoms with Gasteiger partial charge in [-0.05, 0) is 12.1 Å². The number of hydrogen-bond acceptors (Lipinski definition) is 7. The standard InChI is InChI=1S/C18H15N3O4S/c22-10-14-11-26-17(20-14)9-19-15-7-6-13(8-16(15)21(24)25)18(23)12-4-2-1-3-5-12/h1-8,11,19,22H,9-10H2. The number of nitrogens with one attached hydrogen (secondary N) is 1. The summed E-state index contributed by atoms with van der Waals surface area (Å²) in [5.74, 6) is -0.271. The van der Waals surface area contributed by atoms with E-state index in [1.54, 1.807) is 41.8 Å². The average Bonchev–Trinajstić information content (AvgIpc) is 3.14. The van der Waals surface area contributed by atoms with E-state index in [2.05, 4.69) is 10.3 Å². The van der Waals surface area contributed by atoms with Crippen LogP contribution in [-0.4, -0.2) is 20.8 Å². The molecule has 0 saturated carbocycles. The molecule has 0 amide bonds. The molecule has 0 radical (unpaired) electrons. The maximum Gasteiger partial charge on any atom is 0.293 e. The molecule has 7 nitrogen and oxygen atoms in total. The Morgan fingerprint density at radius 3 is 2.62 bits per heavy atom. The Balaban J connectivity index is 1.82. The van der Waals surface area contributed by atoms with Crippen LogP contribution in [0.5, 0.6) is 0 Å². The predicted molar refractivity (Wildman–Crippen MR) is 98.3 cm³/mol. The molecule has 0 unspecified atom stereocenters. The van der Waals surface area contributed by atoms with Crippen molar-refractivity contribution < 1.29 is 14.8 Å². The molecule has 2 aromatic carbocycles. The lowest BCUT2D eigenvalue weighted by Gasteiger charge is -2.07. The first-order valence-electron chi connectivity index (χ1n) is 7.74. The molecule has 0 atom stereocenters. The zero-order valence-electron chi connectivity index (χ0n) is 13.6. The Morgan fingerprint density at radius 1 is 1.19 bits per heavy atom. The molecule has 26 heavy (non-hydrogen) atoms. The van der Waals surface area contributed by atoms with Gasteiger partial charge in [0, 0.05) is 22.6 Å². The van der Waals surface area contributed by atoms with Gasteiger partial charge < -0.3 is 10.4 Å². The van der Waals surface area contributed by atoms with Crippen LogP contribution in [0.2, 0.25) is 0 Å². The monoisotopic (exact) mass is 369 g/mol. The van der Waals surface area contributed by atoms with E-state index >= 15 is 0 Å². The molecule has 0 aliphatic heterocycles. The minimum Gasteiger partial charge on any atom is -0.390 e. The molecule has 3 aromatic rings. The highest BCUT2D eigenvalue weighted by Crippen LogP contribution is 2.27. The number of nitro benzene ring substituents is 1. The van der Waals surface area contributed by atoms with Crippen LogP contribution < -0.4 is 5.32 Å². The Hall–Kier alpha value is -3.10. The number of anilines is 1. The van der Waals surface area contributed by atoms with E-state index < -0.39 is 4.92 Å². The third-order valence-electron chi connectivity index (χ3n) is 3.68. The molecule has 8 heteroatoms. The Labute approximate surface area is 153 Å². The van der Waals surface area contributed by atoms with Gasteiger partial charge in [-0.25, -0.2) is 4.98 Å². The van der Waals surface area contributed by atoms with E-state index in [9.17, 15) is 14.9 Å². The predicted octanol–water partition coefficient (Wildman–Crippen LogP) is 3.39. The van der Waals surface area contributed by atoms with E-state index in [1.807, 2.05) is 0 Å². The first-order chi connectivity index (χ1) is 12.6. The fourth-order valence-corrected chi connectivity index (χ4v) is 3.13. The normalized spacial score (nSPS) is 10.5. The molecule has 1 heterocycles. The second kappa shape index (κ2) is 7.85. The number of thiazole rings is 1. The van der Waals surface area contributed by atoms with Crippen molar-refractivity contribution in [2.24, 2.45) is 0 Å². The number of benzene rings is 2. The molecule has 0 bridgehead atoms. The molecule has 132 valence electrons. The zero-order chi connectivity index (χ0) is 18.5. The van der Waals surface area contributed by atoms with Crippen LogP contribution in [0, 0.1) is 10.1 Å². The lowest BCUT2D eigenvalue weighted by molar-refractivity contribution is -0.384. The van der Waals surface area contributed by atoms with Crippen molar-refractivity contribution in [3.63, 3.8) is 0 Å². The number of nitrogens with zero attached hydrogens (tertiary/aromatic N) is 2. The first-order valence-corrected chi connectivity index (χ1v) is 8.62. The average molecular weight is 369 g/mol. The van der Waals surface area contributed by atoms with E-state index in [1.165, 1.54) is 23.5 Å². The van der Waals surface area contributed by atoms with E-state index in [-0.39, 0.29) is 30.2 Å². The lowest BCUT2D eigenvalue weighted by atomic mass is 10.0. The molecule has 0 aliphatic carbocycles. The van der Waals surface area contributed by atoms with Gasteiger partial charge in [-0.15, -0.1) is 11.3 Å². The van der Waals surface area contributed by atoms with Gasteiger partial charge in [-0.1, -0.05) is 30.3 Å². The Kier molecular flexibility index (Phi) is 5.35. The van der Waals surface area contributed by atoms with E-state index in [0.29, 0.717) is 22.0 Å². The molecular formula is C18H15N3O4S. The largest absolute Gasteiger partial charge is 0.390 e. The van der Waals surface area contributed by atoms with Crippen molar-refractivity contribution >= 4 is 28.5 Å². The molecule has 0 saturated heterocycles. The molecule has 0 fully saturated rings. The maximum atomic E-state index is 12.5. The first kappa shape index (κ1) is 17.7. The summed E-state index contributed by atoms with van der Waals surface area (Å²) in [5, 5.41) is 25.8. The Morgan fingerprint density at radius 2 is 1.96 bits per heavy atom. The summed E-state index contributed by atoms with van der Waals surface area (Å²) < 4.78 is 0. The van der Waals surface area contributed by atoms with E-state index in [4.69, 9.17) is 5.11 Å². The summed E-state index contributed by atoms with van der Waals surface area (Å²) in [6, 6.07) is 13.0. The van der Waals surface area contributed by atoms with Crippen molar-refractivity contribution in [1.29, 1.82) is 0 Å². The summed E-state index contributed by atoms with van der Waals surface area (Å²) in [4.78, 5) is 27.5. The fraction of sp³-hybridized carbons (Fsp3) is 0.111. The van der Waals surface area contributed by atoms with Gasteiger partial charge in [0.15, 0.2) is 5.78 Å². The van der Waals surface area contributed by atoms with Crippen LogP contribution in [-0.2, 0) is 13.2 Å². The molecule has 0 spiro atoms. The molecule has 3 rings (SSSR count). The van der Waals surface area contributed by atoms with Crippen molar-refractivity contribution in [1.82, 2.24) is 4.98 Å². The minimum atomic E-state index is -0.523. The van der Waals surface area contributed by atoms with Crippen LogP contribution >= 0.6 is 11.3 Å². The number of aromatic nitrogens is 1. The third-order valence-corrected chi connectivity index (χ3v) is 4.58. The summed E-state index contributed by atoms with van der Waals surface area (Å²) in [6.07, 6.45) is 0. The smallest absolute Gasteiger partial charge is 0.293 e. The van der Waals surface area contributed by atoms with Crippen LogP contribution in [0.3, 0.4) is 0 Å². The summed E-state index contributed by atoms with van der Waals surface area (Å²) >= 11 is 1.36. The number of rotatable bonds is 7. The fourth-order valence-electron chi connectivity index (χ4n) is 2.40. The summed E-state index contributed by atoms with van der Waals surface area (Å²) in [6.45, 7) is 0.143. The second-order valence-electron chi connectivity index (χ2n) is 5.43. The van der Waals surface area contributed by atoms with Crippen molar-refractivity contribution in [3.05, 3.63) is 85.9 Å². The highest BCUT2D eigenvalue weighted by Gasteiger charge is 2.18. The van der Waals surface area contributed by atoms with Crippen LogP contribution in [0.25, 0.3) is 0 Å². The van der Waals surface area contributed by atoms with Gasteiger partial charge in [0.2, 0.25) is 0 Å². The zero-order valence-corrected chi connectivity index (χ0v) is 14.4. The van der Waals surface area contributed by atoms with Crippen molar-refractivity contribution in [3.8, 4) is 0 Å². The van der Waals surface area contributed by atoms with Crippen LogP contribution in [0.1, 0.15) is 26.6 Å². The van der Waals surface area contributed by atoms with Crippen LogP contribution in [0.15, 0.2) is 53.9 Å². The number of hydrogen-bond donors (Lipinski definition) is 2. The van der Waals surface area contributed by atoms with Gasteiger partial charge >= 0.3 is 0 Å². The highest BCUT2D eigenvalue weighted by atomic mass is 32.1. The number of aliphatic hydroxyl groups excluding tert-OH is 1. The second-order valence-corrected chi connectivity index (χ2v) is 6.37. The van der Waals surface area contributed by atoms with Gasteiger partial charge in [0.1, 0.15) is 10.7 Å². The molecule has 1 aromatic heterocycles. The molecule has 2 N–H and O–H groups in total. The lowest BCUT2D eigenvalue weighted by Crippen LogP contribution is -2.06. The summed E-state index contributed by atoms with van der Waals surface area (Å²) in [7, 11) is 0. The number of carbonyl (C=O) groups excluding carboxylic acids is 1. The van der Waals surface area contributed by atoms with E-state index in [0.717, 1.165) is 0 Å². The summed E-state index contributed by atoms with van der Waals surface area (Å²) in [5.41, 5.74) is 1.42. The van der Waals surface area contributed by atoms with Gasteiger partial charge in [0.25, 0.3) is 5.69 Å². The van der Waals surface area contributed by atoms with Crippen LogP contribution in [0.4, 0.5) is 11.4 Å². The number of aliphatic hydroxyl groups is 1. The number of carbonyl (C=O) groups is 1. The molecule has 0 aliphatic rings. The number of ketones is 1. The van der Waals surface area contributed by atoms with Gasteiger partial charge in [-0.3, -0.25) is 14.9 Å². The third kappa shape index (κ3) is 3.93. The van der Waals surface area contributed by atoms with Crippen molar-refractivity contribution in [2.45, 2.75) is 13.2 Å². The molecular weight excluding hydrogens is 354 g/mol. The number of nitro groups is 1. The van der Waals surface area contributed by atoms with Gasteiger partial charge in [-0.2, -0.15) is 0 Å². The highest BCUT2D eigenvalue weighted by molar-refractivity contribution is 7.09. The maximum absolute atomic E-state index is 12.5. The van der Waals surface area contributed by atoms with Crippen molar-refractivity contribution in [2.75, 3.05) is 5.32 Å². The Bertz CT molecular complexity index is 941.